The number of H-pyrrole nitrogens is 1. The Morgan fingerprint density at radius 1 is 1.42 bits per heavy atom. The number of hydrogen-bond acceptors (Lipinski definition) is 4. The number of aromatic nitrogens is 4. The van der Waals surface area contributed by atoms with Gasteiger partial charge in [-0.15, -0.1) is 0 Å². The van der Waals surface area contributed by atoms with Crippen molar-refractivity contribution in [2.24, 2.45) is 0 Å². The Kier molecular flexibility index (Phi) is 3.82. The Hall–Kier alpha value is -1.15. The van der Waals surface area contributed by atoms with Crippen LogP contribution in [0.2, 0.25) is 0 Å². The molecule has 2 heterocycles. The predicted octanol–water partition coefficient (Wildman–Crippen LogP) is 1.66. The second-order valence-electron chi connectivity index (χ2n) is 4.67. The summed E-state index contributed by atoms with van der Waals surface area (Å²) in [4.78, 5) is 3.14. The molecular formula is C11H18N4O2S2. The fraction of sp³-hybridized carbons (Fsp3) is 0.636. The quantitative estimate of drug-likeness (QED) is 0.853. The van der Waals surface area contributed by atoms with Crippen LogP contribution in [0.1, 0.15) is 19.0 Å². The molecular weight excluding hydrogens is 284 g/mol. The maximum atomic E-state index is 11.2. The van der Waals surface area contributed by atoms with E-state index < -0.39 is 9.84 Å². The SMILES string of the molecule is CCn1nc(C)c2[nH]c(=S)n(CCCS(C)(=O)=O)c21. The van der Waals surface area contributed by atoms with Gasteiger partial charge in [-0.2, -0.15) is 5.10 Å². The molecule has 0 aliphatic rings. The molecule has 8 heteroatoms. The van der Waals surface area contributed by atoms with Gasteiger partial charge in [-0.05, 0) is 32.5 Å². The van der Waals surface area contributed by atoms with Crippen molar-refractivity contribution in [3.8, 4) is 0 Å². The van der Waals surface area contributed by atoms with E-state index in [9.17, 15) is 8.42 Å². The summed E-state index contributed by atoms with van der Waals surface area (Å²) in [6.07, 6.45) is 1.80. The molecule has 0 fully saturated rings. The molecule has 2 aromatic heterocycles. The molecule has 2 rings (SSSR count). The van der Waals surface area contributed by atoms with Crippen LogP contribution in [0.25, 0.3) is 11.2 Å². The van der Waals surface area contributed by atoms with E-state index in [1.54, 1.807) is 0 Å². The average molecular weight is 302 g/mol. The number of fused-ring (bicyclic) bond motifs is 1. The van der Waals surface area contributed by atoms with Crippen LogP contribution in [0.5, 0.6) is 0 Å². The number of rotatable bonds is 5. The van der Waals surface area contributed by atoms with Gasteiger partial charge in [0, 0.05) is 19.3 Å². The van der Waals surface area contributed by atoms with Crippen molar-refractivity contribution < 1.29 is 8.42 Å². The van der Waals surface area contributed by atoms with E-state index in [0.717, 1.165) is 23.4 Å². The van der Waals surface area contributed by atoms with E-state index in [1.165, 1.54) is 6.26 Å². The van der Waals surface area contributed by atoms with E-state index >= 15 is 0 Å². The number of hydrogen-bond donors (Lipinski definition) is 1. The zero-order valence-electron chi connectivity index (χ0n) is 11.3. The van der Waals surface area contributed by atoms with Crippen molar-refractivity contribution in [2.45, 2.75) is 33.4 Å². The highest BCUT2D eigenvalue weighted by Crippen LogP contribution is 2.18. The summed E-state index contributed by atoms with van der Waals surface area (Å²) in [6.45, 7) is 5.28. The number of aryl methyl sites for hydroxylation is 3. The molecule has 19 heavy (non-hydrogen) atoms. The topological polar surface area (TPSA) is 72.7 Å². The van der Waals surface area contributed by atoms with Crippen LogP contribution >= 0.6 is 12.2 Å². The smallest absolute Gasteiger partial charge is 0.179 e. The van der Waals surface area contributed by atoms with Gasteiger partial charge in [-0.3, -0.25) is 0 Å². The predicted molar refractivity (Wildman–Crippen MR) is 77.6 cm³/mol. The van der Waals surface area contributed by atoms with Gasteiger partial charge in [-0.1, -0.05) is 0 Å². The third kappa shape index (κ3) is 2.89. The number of nitrogens with zero attached hydrogens (tertiary/aromatic N) is 3. The second kappa shape index (κ2) is 5.09. The molecule has 0 atom stereocenters. The zero-order valence-corrected chi connectivity index (χ0v) is 12.9. The summed E-state index contributed by atoms with van der Waals surface area (Å²) in [5.74, 6) is 0.167. The third-order valence-corrected chi connectivity index (χ3v) is 4.38. The first-order valence-corrected chi connectivity index (χ1v) is 8.64. The van der Waals surface area contributed by atoms with Crippen molar-refractivity contribution in [1.82, 2.24) is 19.3 Å². The molecule has 1 N–H and O–H groups in total. The lowest BCUT2D eigenvalue weighted by atomic mass is 10.4. The summed E-state index contributed by atoms with van der Waals surface area (Å²) in [5, 5.41) is 4.43. The van der Waals surface area contributed by atoms with Crippen LogP contribution < -0.4 is 0 Å². The van der Waals surface area contributed by atoms with Gasteiger partial charge in [0.25, 0.3) is 0 Å². The molecule has 0 radical (unpaired) electrons. The van der Waals surface area contributed by atoms with E-state index in [4.69, 9.17) is 12.2 Å². The summed E-state index contributed by atoms with van der Waals surface area (Å²) < 4.78 is 26.8. The van der Waals surface area contributed by atoms with E-state index in [1.807, 2.05) is 23.1 Å². The van der Waals surface area contributed by atoms with Gasteiger partial charge in [-0.25, -0.2) is 13.1 Å². The van der Waals surface area contributed by atoms with Crippen molar-refractivity contribution in [1.29, 1.82) is 0 Å². The van der Waals surface area contributed by atoms with Crippen molar-refractivity contribution in [2.75, 3.05) is 12.0 Å². The molecule has 106 valence electrons. The maximum absolute atomic E-state index is 11.2. The molecule has 0 amide bonds. The molecule has 2 aromatic rings. The summed E-state index contributed by atoms with van der Waals surface area (Å²) in [7, 11) is -2.93. The molecule has 0 saturated heterocycles. The van der Waals surface area contributed by atoms with Crippen LogP contribution in [0.3, 0.4) is 0 Å². The van der Waals surface area contributed by atoms with Crippen molar-refractivity contribution in [3.05, 3.63) is 10.5 Å². The van der Waals surface area contributed by atoms with Gasteiger partial charge in [0.1, 0.15) is 15.4 Å². The Balaban J connectivity index is 2.37. The normalized spacial score (nSPS) is 12.4. The van der Waals surface area contributed by atoms with E-state index in [0.29, 0.717) is 17.7 Å². The highest BCUT2D eigenvalue weighted by atomic mass is 32.2. The van der Waals surface area contributed by atoms with Crippen molar-refractivity contribution >= 4 is 33.2 Å². The Morgan fingerprint density at radius 3 is 2.68 bits per heavy atom. The first-order valence-electron chi connectivity index (χ1n) is 6.17. The van der Waals surface area contributed by atoms with Crippen molar-refractivity contribution in [3.63, 3.8) is 0 Å². The van der Waals surface area contributed by atoms with Crippen LogP contribution in [0.4, 0.5) is 0 Å². The largest absolute Gasteiger partial charge is 0.328 e. The maximum Gasteiger partial charge on any atom is 0.179 e. The highest BCUT2D eigenvalue weighted by Gasteiger charge is 2.14. The molecule has 0 saturated carbocycles. The van der Waals surface area contributed by atoms with Gasteiger partial charge < -0.3 is 9.55 Å². The monoisotopic (exact) mass is 302 g/mol. The first kappa shape index (κ1) is 14.3. The van der Waals surface area contributed by atoms with E-state index in [2.05, 4.69) is 10.1 Å². The second-order valence-corrected chi connectivity index (χ2v) is 7.31. The van der Waals surface area contributed by atoms with Crippen LogP contribution in [-0.2, 0) is 22.9 Å². The standard InChI is InChI=1S/C11H18N4O2S2/c1-4-15-10-9(8(2)13-15)12-11(18)14(10)6-5-7-19(3,16)17/h4-7H2,1-3H3,(H,12,18). The van der Waals surface area contributed by atoms with Crippen LogP contribution in [0.15, 0.2) is 0 Å². The number of nitrogens with one attached hydrogen (secondary N) is 1. The molecule has 0 aliphatic carbocycles. The Morgan fingerprint density at radius 2 is 2.11 bits per heavy atom. The average Bonchev–Trinajstić information content (AvgIpc) is 2.77. The Bertz CT molecular complexity index is 752. The van der Waals surface area contributed by atoms with Crippen LogP contribution in [0, 0.1) is 11.7 Å². The summed E-state index contributed by atoms with van der Waals surface area (Å²) in [5.41, 5.74) is 2.79. The van der Waals surface area contributed by atoms with Gasteiger partial charge in [0.05, 0.1) is 11.4 Å². The third-order valence-electron chi connectivity index (χ3n) is 3.03. The minimum absolute atomic E-state index is 0.167. The molecule has 0 aromatic carbocycles. The Labute approximate surface area is 117 Å². The van der Waals surface area contributed by atoms with Crippen LogP contribution in [-0.4, -0.2) is 39.8 Å². The minimum atomic E-state index is -2.93. The molecule has 0 unspecified atom stereocenters. The molecule has 0 aliphatic heterocycles. The fourth-order valence-corrected chi connectivity index (χ4v) is 3.11. The minimum Gasteiger partial charge on any atom is -0.328 e. The lowest BCUT2D eigenvalue weighted by Crippen LogP contribution is -2.10. The van der Waals surface area contributed by atoms with E-state index in [-0.39, 0.29) is 5.75 Å². The fourth-order valence-electron chi connectivity index (χ4n) is 2.17. The summed E-state index contributed by atoms with van der Waals surface area (Å²) in [6, 6.07) is 0. The van der Waals surface area contributed by atoms with Gasteiger partial charge in [0.2, 0.25) is 0 Å². The lowest BCUT2D eigenvalue weighted by Gasteiger charge is -2.05. The lowest BCUT2D eigenvalue weighted by molar-refractivity contribution is 0.587. The molecule has 0 spiro atoms. The first-order chi connectivity index (χ1) is 8.83. The number of sulfone groups is 1. The molecule has 0 bridgehead atoms. The van der Waals surface area contributed by atoms with Gasteiger partial charge >= 0.3 is 0 Å². The number of aromatic amines is 1. The highest BCUT2D eigenvalue weighted by molar-refractivity contribution is 7.90. The van der Waals surface area contributed by atoms with Gasteiger partial charge in [0.15, 0.2) is 10.4 Å². The number of imidazole rings is 1. The zero-order chi connectivity index (χ0) is 14.2. The molecule has 6 nitrogen and oxygen atoms in total. The summed E-state index contributed by atoms with van der Waals surface area (Å²) >= 11 is 5.30.